The molecule has 112 valence electrons. The molecular formula is C14H12F3NO3. The summed E-state index contributed by atoms with van der Waals surface area (Å²) in [6.07, 6.45) is -4.08. The summed E-state index contributed by atoms with van der Waals surface area (Å²) in [7, 11) is 0. The minimum atomic E-state index is -4.52. The lowest BCUT2D eigenvalue weighted by molar-refractivity contribution is -0.153. The summed E-state index contributed by atoms with van der Waals surface area (Å²) >= 11 is 0. The second kappa shape index (κ2) is 5.69. The van der Waals surface area contributed by atoms with Gasteiger partial charge in [-0.1, -0.05) is 12.1 Å². The molecule has 1 N–H and O–H groups in total. The molecule has 0 spiro atoms. The molecule has 4 nitrogen and oxygen atoms in total. The molecule has 2 rings (SSSR count). The molecule has 1 aromatic heterocycles. The van der Waals surface area contributed by atoms with Crippen LogP contribution in [0, 0.1) is 0 Å². The molecule has 0 aliphatic rings. The van der Waals surface area contributed by atoms with Crippen LogP contribution in [0.1, 0.15) is 24.2 Å². The predicted molar refractivity (Wildman–Crippen MR) is 68.3 cm³/mol. The van der Waals surface area contributed by atoms with E-state index < -0.39 is 23.8 Å². The number of rotatable bonds is 3. The van der Waals surface area contributed by atoms with Gasteiger partial charge in [0.15, 0.2) is 6.10 Å². The minimum Gasteiger partial charge on any atom is -0.464 e. The van der Waals surface area contributed by atoms with Gasteiger partial charge >= 0.3 is 12.1 Å². The summed E-state index contributed by atoms with van der Waals surface area (Å²) < 4.78 is 43.2. The first-order valence-corrected chi connectivity index (χ1v) is 6.14. The Labute approximate surface area is 118 Å². The Morgan fingerprint density at radius 1 is 1.38 bits per heavy atom. The molecule has 1 heterocycles. The van der Waals surface area contributed by atoms with Crippen LogP contribution in [0.15, 0.2) is 30.6 Å². The minimum absolute atomic E-state index is 0.0442. The first-order valence-electron chi connectivity index (χ1n) is 6.14. The van der Waals surface area contributed by atoms with E-state index in [0.29, 0.717) is 0 Å². The lowest BCUT2D eigenvalue weighted by Crippen LogP contribution is -2.15. The quantitative estimate of drug-likeness (QED) is 0.885. The van der Waals surface area contributed by atoms with Crippen molar-refractivity contribution in [1.82, 2.24) is 4.98 Å². The zero-order valence-corrected chi connectivity index (χ0v) is 11.0. The Kier molecular flexibility index (Phi) is 4.13. The SMILES string of the molecule is CCOC(=O)C(O)c1ccc2c(C(F)(F)F)cncc2c1. The third-order valence-corrected chi connectivity index (χ3v) is 2.91. The van der Waals surface area contributed by atoms with Crippen molar-refractivity contribution < 1.29 is 27.8 Å². The maximum absolute atomic E-state index is 12.8. The topological polar surface area (TPSA) is 59.4 Å². The van der Waals surface area contributed by atoms with Gasteiger partial charge in [0.25, 0.3) is 0 Å². The number of esters is 1. The van der Waals surface area contributed by atoms with Crippen LogP contribution in [0.4, 0.5) is 13.2 Å². The van der Waals surface area contributed by atoms with Crippen molar-refractivity contribution >= 4 is 16.7 Å². The number of hydrogen-bond acceptors (Lipinski definition) is 4. The van der Waals surface area contributed by atoms with Crippen LogP contribution in [-0.4, -0.2) is 22.7 Å². The number of halogens is 3. The standard InChI is InChI=1S/C14H12F3NO3/c1-2-21-13(20)12(19)8-3-4-10-9(5-8)6-18-7-11(10)14(15,16)17/h3-7,12,19H,2H2,1H3. The second-order valence-electron chi connectivity index (χ2n) is 4.32. The molecule has 0 saturated heterocycles. The molecule has 0 bridgehead atoms. The number of fused-ring (bicyclic) bond motifs is 1. The van der Waals surface area contributed by atoms with Crippen molar-refractivity contribution in [3.8, 4) is 0 Å². The number of aliphatic hydroxyl groups is 1. The van der Waals surface area contributed by atoms with Crippen LogP contribution >= 0.6 is 0 Å². The molecule has 0 aliphatic carbocycles. The van der Waals surface area contributed by atoms with Gasteiger partial charge in [0, 0.05) is 17.8 Å². The van der Waals surface area contributed by atoms with Crippen molar-refractivity contribution in [3.63, 3.8) is 0 Å². The number of carbonyl (C=O) groups is 1. The lowest BCUT2D eigenvalue weighted by atomic mass is 10.0. The van der Waals surface area contributed by atoms with Crippen molar-refractivity contribution in [2.24, 2.45) is 0 Å². The van der Waals surface area contributed by atoms with Crippen LogP contribution in [0.3, 0.4) is 0 Å². The zero-order chi connectivity index (χ0) is 15.6. The number of benzene rings is 1. The van der Waals surface area contributed by atoms with E-state index in [-0.39, 0.29) is 22.9 Å². The number of ether oxygens (including phenoxy) is 1. The van der Waals surface area contributed by atoms with E-state index in [1.807, 2.05) is 0 Å². The fraction of sp³-hybridized carbons (Fsp3) is 0.286. The summed E-state index contributed by atoms with van der Waals surface area (Å²) in [5.41, 5.74) is -0.709. The molecule has 0 saturated carbocycles. The zero-order valence-electron chi connectivity index (χ0n) is 11.0. The van der Waals surface area contributed by atoms with Gasteiger partial charge in [-0.3, -0.25) is 4.98 Å². The fourth-order valence-corrected chi connectivity index (χ4v) is 1.95. The molecule has 1 atom stereocenters. The Balaban J connectivity index is 2.46. The number of pyridine rings is 1. The van der Waals surface area contributed by atoms with Crippen molar-refractivity contribution in [3.05, 3.63) is 41.7 Å². The molecule has 2 aromatic rings. The number of alkyl halides is 3. The Morgan fingerprint density at radius 3 is 2.71 bits per heavy atom. The van der Waals surface area contributed by atoms with Crippen LogP contribution in [0.5, 0.6) is 0 Å². The Bertz CT molecular complexity index is 670. The van der Waals surface area contributed by atoms with Crippen LogP contribution in [0.2, 0.25) is 0 Å². The predicted octanol–water partition coefficient (Wildman–Crippen LogP) is 2.85. The van der Waals surface area contributed by atoms with E-state index in [1.54, 1.807) is 6.92 Å². The molecular weight excluding hydrogens is 287 g/mol. The smallest absolute Gasteiger partial charge is 0.418 e. The summed E-state index contributed by atoms with van der Waals surface area (Å²) in [5, 5.41) is 9.93. The van der Waals surface area contributed by atoms with Gasteiger partial charge in [0.05, 0.1) is 12.2 Å². The number of aliphatic hydroxyl groups excluding tert-OH is 1. The average molecular weight is 299 g/mol. The number of aromatic nitrogens is 1. The molecule has 0 fully saturated rings. The van der Waals surface area contributed by atoms with E-state index in [4.69, 9.17) is 0 Å². The van der Waals surface area contributed by atoms with E-state index in [9.17, 15) is 23.1 Å². The lowest BCUT2D eigenvalue weighted by Gasteiger charge is -2.13. The van der Waals surface area contributed by atoms with E-state index >= 15 is 0 Å². The third kappa shape index (κ3) is 3.13. The summed E-state index contributed by atoms with van der Waals surface area (Å²) in [6.45, 7) is 1.69. The van der Waals surface area contributed by atoms with Gasteiger partial charge < -0.3 is 9.84 Å². The normalized spacial score (nSPS) is 13.2. The highest BCUT2D eigenvalue weighted by Gasteiger charge is 2.33. The second-order valence-corrected chi connectivity index (χ2v) is 4.32. The highest BCUT2D eigenvalue weighted by Crippen LogP contribution is 2.34. The van der Waals surface area contributed by atoms with Gasteiger partial charge in [-0.25, -0.2) is 4.79 Å². The van der Waals surface area contributed by atoms with Gasteiger partial charge in [0.2, 0.25) is 0 Å². The molecule has 1 aromatic carbocycles. The van der Waals surface area contributed by atoms with Gasteiger partial charge in [-0.05, 0) is 23.9 Å². The monoisotopic (exact) mass is 299 g/mol. The highest BCUT2D eigenvalue weighted by molar-refractivity contribution is 5.87. The van der Waals surface area contributed by atoms with E-state index in [1.165, 1.54) is 24.4 Å². The first-order chi connectivity index (χ1) is 9.84. The van der Waals surface area contributed by atoms with Crippen LogP contribution < -0.4 is 0 Å². The fourth-order valence-electron chi connectivity index (χ4n) is 1.95. The van der Waals surface area contributed by atoms with Gasteiger partial charge in [-0.15, -0.1) is 0 Å². The third-order valence-electron chi connectivity index (χ3n) is 2.91. The first kappa shape index (κ1) is 15.2. The summed E-state index contributed by atoms with van der Waals surface area (Å²) in [5.74, 6) is -0.850. The Hall–Kier alpha value is -2.15. The van der Waals surface area contributed by atoms with E-state index in [0.717, 1.165) is 6.20 Å². The Morgan fingerprint density at radius 2 is 2.10 bits per heavy atom. The van der Waals surface area contributed by atoms with Crippen molar-refractivity contribution in [2.45, 2.75) is 19.2 Å². The summed E-state index contributed by atoms with van der Waals surface area (Å²) in [6, 6.07) is 3.76. The average Bonchev–Trinajstić information content (AvgIpc) is 2.44. The summed E-state index contributed by atoms with van der Waals surface area (Å²) in [4.78, 5) is 15.0. The highest BCUT2D eigenvalue weighted by atomic mass is 19.4. The van der Waals surface area contributed by atoms with Crippen LogP contribution in [0.25, 0.3) is 10.8 Å². The molecule has 0 aliphatic heterocycles. The molecule has 21 heavy (non-hydrogen) atoms. The molecule has 7 heteroatoms. The van der Waals surface area contributed by atoms with Gasteiger partial charge in [-0.2, -0.15) is 13.2 Å². The van der Waals surface area contributed by atoms with E-state index in [2.05, 4.69) is 9.72 Å². The van der Waals surface area contributed by atoms with Crippen LogP contribution in [-0.2, 0) is 15.7 Å². The number of nitrogens with zero attached hydrogens (tertiary/aromatic N) is 1. The number of hydrogen-bond donors (Lipinski definition) is 1. The largest absolute Gasteiger partial charge is 0.464 e. The van der Waals surface area contributed by atoms with Crippen molar-refractivity contribution in [1.29, 1.82) is 0 Å². The molecule has 0 radical (unpaired) electrons. The van der Waals surface area contributed by atoms with Gasteiger partial charge in [0.1, 0.15) is 0 Å². The molecule has 0 amide bonds. The maximum atomic E-state index is 12.8. The number of carbonyl (C=O) groups excluding carboxylic acids is 1. The maximum Gasteiger partial charge on any atom is 0.418 e. The molecule has 1 unspecified atom stereocenters. The van der Waals surface area contributed by atoms with Crippen molar-refractivity contribution in [2.75, 3.05) is 6.61 Å².